The van der Waals surface area contributed by atoms with E-state index in [2.05, 4.69) is 20.9 Å². The Hall–Kier alpha value is -3.12. The molecule has 3 aliphatic rings. The minimum atomic E-state index is -4.58. The average Bonchev–Trinajstić information content (AvgIpc) is 3.40. The highest BCUT2D eigenvalue weighted by Crippen LogP contribution is 2.42. The molecule has 3 N–H and O–H groups in total. The van der Waals surface area contributed by atoms with E-state index in [1.54, 1.807) is 42.2 Å². The number of carbonyl (C=O) groups is 1. The van der Waals surface area contributed by atoms with Gasteiger partial charge in [-0.1, -0.05) is 35.4 Å². The molecule has 176 valence electrons. The standard InChI is InChI=1S/C21H23F3N6O3/c1-11-14(18-26-27-20(33-18)29-9-5-8-13(31)10-29)19(32)30-17(25-11)15(12-6-3-2-4-7-12)16(28-30)21(22,23)24/h2-4,6-7,13,15-17,25,28,31H,5,8-10H2,1H3. The van der Waals surface area contributed by atoms with E-state index in [4.69, 9.17) is 4.42 Å². The maximum absolute atomic E-state index is 13.9. The van der Waals surface area contributed by atoms with E-state index in [0.717, 1.165) is 11.4 Å². The lowest BCUT2D eigenvalue weighted by Crippen LogP contribution is -2.54. The van der Waals surface area contributed by atoms with Gasteiger partial charge in [0.2, 0.25) is 0 Å². The highest BCUT2D eigenvalue weighted by Gasteiger charge is 2.58. The third-order valence-electron chi connectivity index (χ3n) is 6.26. The van der Waals surface area contributed by atoms with Gasteiger partial charge in [0.25, 0.3) is 11.8 Å². The topological polar surface area (TPSA) is 107 Å². The summed E-state index contributed by atoms with van der Waals surface area (Å²) in [5.74, 6) is -1.83. The van der Waals surface area contributed by atoms with Crippen molar-refractivity contribution in [3.63, 3.8) is 0 Å². The summed E-state index contributed by atoms with van der Waals surface area (Å²) >= 11 is 0. The SMILES string of the molecule is CC1=C(c2nnc(N3CCCC(O)C3)o2)C(=O)N2NC(C(F)(F)F)C(c3ccccc3)C2N1. The first-order valence-corrected chi connectivity index (χ1v) is 10.7. The van der Waals surface area contributed by atoms with Crippen LogP contribution in [0.5, 0.6) is 0 Å². The van der Waals surface area contributed by atoms with Gasteiger partial charge in [-0.3, -0.25) is 4.79 Å². The number of allylic oxidation sites excluding steroid dienone is 1. The third kappa shape index (κ3) is 3.82. The molecule has 1 aromatic carbocycles. The molecule has 3 aliphatic heterocycles. The van der Waals surface area contributed by atoms with Gasteiger partial charge in [-0.2, -0.15) is 13.2 Å². The number of aliphatic hydroxyl groups excluding tert-OH is 1. The van der Waals surface area contributed by atoms with Gasteiger partial charge in [0, 0.05) is 18.8 Å². The summed E-state index contributed by atoms with van der Waals surface area (Å²) in [6, 6.07) is 6.50. The molecule has 12 heteroatoms. The molecule has 1 amide bonds. The number of aromatic nitrogens is 2. The van der Waals surface area contributed by atoms with Crippen molar-refractivity contribution < 1.29 is 27.5 Å². The van der Waals surface area contributed by atoms with E-state index in [1.807, 2.05) is 0 Å². The number of nitrogens with one attached hydrogen (secondary N) is 2. The normalized spacial score (nSPS) is 28.2. The molecule has 4 unspecified atom stereocenters. The second kappa shape index (κ2) is 8.03. The monoisotopic (exact) mass is 464 g/mol. The van der Waals surface area contributed by atoms with Crippen molar-refractivity contribution in [2.45, 2.75) is 50.2 Å². The third-order valence-corrected chi connectivity index (χ3v) is 6.26. The number of β-amino-alcohol motifs (C(OH)–C–C–N with tert-alkyl or cyclic N) is 1. The fourth-order valence-electron chi connectivity index (χ4n) is 4.72. The lowest BCUT2D eigenvalue weighted by atomic mass is 9.89. The van der Waals surface area contributed by atoms with Crippen molar-refractivity contribution in [1.82, 2.24) is 25.9 Å². The van der Waals surface area contributed by atoms with Crippen molar-refractivity contribution in [2.24, 2.45) is 0 Å². The van der Waals surface area contributed by atoms with E-state index < -0.39 is 36.3 Å². The van der Waals surface area contributed by atoms with Crippen LogP contribution in [-0.2, 0) is 4.79 Å². The summed E-state index contributed by atoms with van der Waals surface area (Å²) in [5.41, 5.74) is 3.17. The molecule has 2 saturated heterocycles. The van der Waals surface area contributed by atoms with Crippen molar-refractivity contribution >= 4 is 17.5 Å². The maximum Gasteiger partial charge on any atom is 0.406 e. The van der Waals surface area contributed by atoms with Crippen LogP contribution in [0.4, 0.5) is 19.2 Å². The number of halogens is 3. The van der Waals surface area contributed by atoms with Gasteiger partial charge in [-0.05, 0) is 25.3 Å². The lowest BCUT2D eigenvalue weighted by molar-refractivity contribution is -0.161. The smallest absolute Gasteiger partial charge is 0.403 e. The van der Waals surface area contributed by atoms with Gasteiger partial charge in [-0.15, -0.1) is 5.10 Å². The molecule has 4 atom stereocenters. The Morgan fingerprint density at radius 1 is 1.21 bits per heavy atom. The minimum absolute atomic E-state index is 0.00435. The molecule has 0 radical (unpaired) electrons. The molecule has 0 aliphatic carbocycles. The number of fused-ring (bicyclic) bond motifs is 1. The van der Waals surface area contributed by atoms with Gasteiger partial charge in [0.15, 0.2) is 0 Å². The molecule has 9 nitrogen and oxygen atoms in total. The van der Waals surface area contributed by atoms with Crippen molar-refractivity contribution in [2.75, 3.05) is 18.0 Å². The van der Waals surface area contributed by atoms with Crippen LogP contribution in [0.2, 0.25) is 0 Å². The number of hydrazine groups is 1. The number of piperidine rings is 1. The molecular weight excluding hydrogens is 441 g/mol. The number of anilines is 1. The van der Waals surface area contributed by atoms with Crippen molar-refractivity contribution in [3.8, 4) is 0 Å². The molecule has 0 spiro atoms. The first kappa shape index (κ1) is 21.7. The Morgan fingerprint density at radius 3 is 2.67 bits per heavy atom. The molecule has 4 heterocycles. The number of rotatable bonds is 3. The van der Waals surface area contributed by atoms with E-state index >= 15 is 0 Å². The molecule has 33 heavy (non-hydrogen) atoms. The Morgan fingerprint density at radius 2 is 1.97 bits per heavy atom. The van der Waals surface area contributed by atoms with Crippen LogP contribution in [0.1, 0.15) is 37.1 Å². The largest absolute Gasteiger partial charge is 0.406 e. The molecular formula is C21H23F3N6O3. The van der Waals surface area contributed by atoms with Crippen LogP contribution in [0.25, 0.3) is 5.57 Å². The van der Waals surface area contributed by atoms with Crippen LogP contribution in [-0.4, -0.2) is 63.8 Å². The fraction of sp³-hybridized carbons (Fsp3) is 0.476. The van der Waals surface area contributed by atoms with Gasteiger partial charge in [0.05, 0.1) is 12.0 Å². The number of alkyl halides is 3. The second-order valence-electron chi connectivity index (χ2n) is 8.48. The number of nitrogens with zero attached hydrogens (tertiary/aromatic N) is 4. The summed E-state index contributed by atoms with van der Waals surface area (Å²) in [5, 5.41) is 21.8. The number of hydrogen-bond donors (Lipinski definition) is 3. The first-order chi connectivity index (χ1) is 15.7. The summed E-state index contributed by atoms with van der Waals surface area (Å²) in [6.07, 6.45) is -4.62. The summed E-state index contributed by atoms with van der Waals surface area (Å²) in [4.78, 5) is 15.0. The number of hydrogen-bond acceptors (Lipinski definition) is 8. The van der Waals surface area contributed by atoms with Gasteiger partial charge in [0.1, 0.15) is 17.8 Å². The van der Waals surface area contributed by atoms with E-state index in [1.165, 1.54) is 0 Å². The summed E-state index contributed by atoms with van der Waals surface area (Å²) in [6.45, 7) is 2.54. The number of carbonyl (C=O) groups excluding carboxylic acids is 1. The molecule has 1 aromatic heterocycles. The number of amides is 1. The number of aliphatic hydroxyl groups is 1. The molecule has 2 aromatic rings. The van der Waals surface area contributed by atoms with E-state index in [9.17, 15) is 23.1 Å². The maximum atomic E-state index is 13.9. The minimum Gasteiger partial charge on any atom is -0.403 e. The predicted octanol–water partition coefficient (Wildman–Crippen LogP) is 1.75. The highest BCUT2D eigenvalue weighted by molar-refractivity contribution is 6.19. The van der Waals surface area contributed by atoms with Gasteiger partial charge in [-0.25, -0.2) is 10.4 Å². The van der Waals surface area contributed by atoms with Gasteiger partial charge >= 0.3 is 12.2 Å². The lowest BCUT2D eigenvalue weighted by Gasteiger charge is -2.34. The second-order valence-corrected chi connectivity index (χ2v) is 8.48. The van der Waals surface area contributed by atoms with E-state index in [0.29, 0.717) is 30.8 Å². The number of benzene rings is 1. The first-order valence-electron chi connectivity index (χ1n) is 10.7. The van der Waals surface area contributed by atoms with Crippen molar-refractivity contribution in [1.29, 1.82) is 0 Å². The van der Waals surface area contributed by atoms with Gasteiger partial charge < -0.3 is 19.7 Å². The summed E-state index contributed by atoms with van der Waals surface area (Å²) in [7, 11) is 0. The molecule has 5 rings (SSSR count). The van der Waals surface area contributed by atoms with Crippen LogP contribution in [0.15, 0.2) is 40.4 Å². The molecule has 2 fully saturated rings. The molecule has 0 bridgehead atoms. The van der Waals surface area contributed by atoms with E-state index in [-0.39, 0.29) is 17.5 Å². The van der Waals surface area contributed by atoms with Crippen molar-refractivity contribution in [3.05, 3.63) is 47.5 Å². The van der Waals surface area contributed by atoms with Crippen LogP contribution >= 0.6 is 0 Å². The zero-order valence-corrected chi connectivity index (χ0v) is 17.7. The van der Waals surface area contributed by atoms with Crippen LogP contribution in [0.3, 0.4) is 0 Å². The Bertz CT molecular complexity index is 1070. The fourth-order valence-corrected chi connectivity index (χ4v) is 4.72. The quantitative estimate of drug-likeness (QED) is 0.631. The van der Waals surface area contributed by atoms with Crippen LogP contribution < -0.4 is 15.6 Å². The average molecular weight is 464 g/mol. The van der Waals surface area contributed by atoms with Crippen LogP contribution in [0, 0.1) is 0 Å². The summed E-state index contributed by atoms with van der Waals surface area (Å²) < 4.78 is 47.4. The Balaban J connectivity index is 1.47. The predicted molar refractivity (Wildman–Crippen MR) is 110 cm³/mol. The highest BCUT2D eigenvalue weighted by atomic mass is 19.4. The molecule has 0 saturated carbocycles. The Kier molecular flexibility index (Phi) is 5.28. The zero-order valence-electron chi connectivity index (χ0n) is 17.7. The Labute approximate surface area is 187 Å². The zero-order chi connectivity index (χ0) is 23.3.